The van der Waals surface area contributed by atoms with Crippen LogP contribution in [0.4, 0.5) is 0 Å². The summed E-state index contributed by atoms with van der Waals surface area (Å²) in [5.41, 5.74) is -2.71. The van der Waals surface area contributed by atoms with E-state index in [1.165, 1.54) is 13.2 Å². The summed E-state index contributed by atoms with van der Waals surface area (Å²) >= 11 is 0. The molecule has 2 aliphatic heterocycles. The molecule has 7 N–H and O–H groups in total. The normalized spacial score (nSPS) is 32.5. The SMILES string of the molecule is COc1cc(O[C@@H]2O[C@H](CO[C@@H]3OC[C@](O)(CO)[C@H]3O)[C@@H](O)[C@H](O)[C@H]2O)c2c(O)c3c(=O)oc(C)cc3cc2c1. The highest BCUT2D eigenvalue weighted by atomic mass is 16.7. The molecule has 5 rings (SSSR count). The molecule has 14 nitrogen and oxygen atoms in total. The van der Waals surface area contributed by atoms with Gasteiger partial charge >= 0.3 is 5.63 Å². The minimum Gasteiger partial charge on any atom is -0.506 e. The highest BCUT2D eigenvalue weighted by Gasteiger charge is 2.50. The van der Waals surface area contributed by atoms with Gasteiger partial charge in [0.15, 0.2) is 6.29 Å². The summed E-state index contributed by atoms with van der Waals surface area (Å²) in [5, 5.41) is 73.1. The average molecular weight is 567 g/mol. The zero-order valence-electron chi connectivity index (χ0n) is 21.5. The first-order valence-electron chi connectivity index (χ1n) is 12.4. The van der Waals surface area contributed by atoms with Gasteiger partial charge in [-0.3, -0.25) is 0 Å². The van der Waals surface area contributed by atoms with E-state index in [0.29, 0.717) is 22.3 Å². The summed E-state index contributed by atoms with van der Waals surface area (Å²) in [6.07, 6.45) is -11.1. The van der Waals surface area contributed by atoms with Gasteiger partial charge in [0.2, 0.25) is 6.29 Å². The molecular formula is C26H30O14. The number of ether oxygens (including phenoxy) is 5. The lowest BCUT2D eigenvalue weighted by molar-refractivity contribution is -0.289. The second kappa shape index (κ2) is 10.7. The quantitative estimate of drug-likeness (QED) is 0.164. The van der Waals surface area contributed by atoms with Gasteiger partial charge < -0.3 is 63.8 Å². The van der Waals surface area contributed by atoms with Gasteiger partial charge in [-0.1, -0.05) is 0 Å². The van der Waals surface area contributed by atoms with Gasteiger partial charge in [-0.05, 0) is 35.9 Å². The van der Waals surface area contributed by atoms with Gasteiger partial charge in [-0.2, -0.15) is 0 Å². The van der Waals surface area contributed by atoms with Crippen LogP contribution in [-0.4, -0.2) is 111 Å². The van der Waals surface area contributed by atoms with E-state index in [2.05, 4.69) is 0 Å². The minimum atomic E-state index is -1.94. The molecule has 0 aliphatic carbocycles. The first kappa shape index (κ1) is 28.5. The van der Waals surface area contributed by atoms with Crippen molar-refractivity contribution in [3.8, 4) is 17.2 Å². The number of methoxy groups -OCH3 is 1. The van der Waals surface area contributed by atoms with Gasteiger partial charge in [0, 0.05) is 6.07 Å². The molecule has 14 heteroatoms. The molecule has 0 spiro atoms. The highest BCUT2D eigenvalue weighted by Crippen LogP contribution is 2.42. The van der Waals surface area contributed by atoms with Crippen LogP contribution in [-0.2, 0) is 14.2 Å². The number of rotatable bonds is 7. The van der Waals surface area contributed by atoms with E-state index in [-0.39, 0.29) is 16.5 Å². The molecule has 2 aromatic carbocycles. The second-order valence-electron chi connectivity index (χ2n) is 9.91. The Hall–Kier alpha value is -3.05. The van der Waals surface area contributed by atoms with Crippen LogP contribution in [0.15, 0.2) is 33.5 Å². The Balaban J connectivity index is 1.45. The van der Waals surface area contributed by atoms with Crippen LogP contribution in [0.5, 0.6) is 17.2 Å². The lowest BCUT2D eigenvalue weighted by Crippen LogP contribution is -2.60. The monoisotopic (exact) mass is 566 g/mol. The molecule has 2 aliphatic rings. The number of phenolic OH excluding ortho intramolecular Hbond substituents is 1. The number of benzene rings is 2. The van der Waals surface area contributed by atoms with Crippen molar-refractivity contribution in [3.63, 3.8) is 0 Å². The standard InChI is InChI=1S/C26H30O14/c1-10-3-11-4-12-5-13(35-2)6-14(16(12)19(29)17(11)23(33)38-10)39-24-21(31)20(30)18(28)15(40-24)7-36-25-22(32)26(34,8-27)9-37-25/h3-6,15,18,20-22,24-25,27-32,34H,7-9H2,1-2H3/t15-,18-,20+,21-,22+,24-,25-,26-/m1/s1. The maximum atomic E-state index is 12.5. The summed E-state index contributed by atoms with van der Waals surface area (Å²) in [5.74, 6) is 0.110. The molecular weight excluding hydrogens is 536 g/mol. The molecule has 2 fully saturated rings. The molecule has 0 amide bonds. The third kappa shape index (κ3) is 4.87. The largest absolute Gasteiger partial charge is 0.506 e. The van der Waals surface area contributed by atoms with Crippen molar-refractivity contribution in [1.82, 2.24) is 0 Å². The van der Waals surface area contributed by atoms with Crippen LogP contribution < -0.4 is 15.1 Å². The van der Waals surface area contributed by atoms with Crippen LogP contribution >= 0.6 is 0 Å². The number of hydrogen-bond donors (Lipinski definition) is 7. The first-order valence-corrected chi connectivity index (χ1v) is 12.4. The molecule has 0 saturated carbocycles. The molecule has 218 valence electrons. The average Bonchev–Trinajstić information content (AvgIpc) is 3.21. The number of aliphatic hydroxyl groups excluding tert-OH is 5. The van der Waals surface area contributed by atoms with E-state index in [1.807, 2.05) is 0 Å². The topological polar surface area (TPSA) is 218 Å². The van der Waals surface area contributed by atoms with Crippen molar-refractivity contribution in [1.29, 1.82) is 0 Å². The summed E-state index contributed by atoms with van der Waals surface area (Å²) in [7, 11) is 1.40. The van der Waals surface area contributed by atoms with E-state index in [0.717, 1.165) is 0 Å². The predicted molar refractivity (Wildman–Crippen MR) is 134 cm³/mol. The van der Waals surface area contributed by atoms with E-state index in [4.69, 9.17) is 28.1 Å². The fourth-order valence-electron chi connectivity index (χ4n) is 4.87. The fraction of sp³-hybridized carbons (Fsp3) is 0.500. The van der Waals surface area contributed by atoms with Gasteiger partial charge in [-0.25, -0.2) is 4.79 Å². The Bertz CT molecular complexity index is 1460. The number of phenols is 1. The van der Waals surface area contributed by atoms with Crippen LogP contribution in [0.2, 0.25) is 0 Å². The molecule has 8 atom stereocenters. The van der Waals surface area contributed by atoms with Crippen LogP contribution in [0, 0.1) is 6.92 Å². The third-order valence-corrected chi connectivity index (χ3v) is 7.15. The molecule has 0 radical (unpaired) electrons. The Morgan fingerprint density at radius 2 is 1.73 bits per heavy atom. The van der Waals surface area contributed by atoms with Crippen molar-refractivity contribution in [2.45, 2.75) is 55.6 Å². The smallest absolute Gasteiger partial charge is 0.347 e. The molecule has 0 unspecified atom stereocenters. The first-order chi connectivity index (χ1) is 19.0. The van der Waals surface area contributed by atoms with Crippen molar-refractivity contribution in [2.24, 2.45) is 0 Å². The molecule has 3 heterocycles. The number of aliphatic hydroxyl groups is 6. The molecule has 40 heavy (non-hydrogen) atoms. The maximum Gasteiger partial charge on any atom is 0.347 e. The summed E-state index contributed by atoms with van der Waals surface area (Å²) in [6, 6.07) is 6.18. The predicted octanol–water partition coefficient (Wildman–Crippen LogP) is -1.39. The Morgan fingerprint density at radius 3 is 2.40 bits per heavy atom. The number of aromatic hydroxyl groups is 1. The van der Waals surface area contributed by atoms with Crippen molar-refractivity contribution in [2.75, 3.05) is 26.9 Å². The van der Waals surface area contributed by atoms with E-state index < -0.39 is 79.9 Å². The van der Waals surface area contributed by atoms with Crippen LogP contribution in [0.3, 0.4) is 0 Å². The van der Waals surface area contributed by atoms with E-state index >= 15 is 0 Å². The van der Waals surface area contributed by atoms with Crippen LogP contribution in [0.25, 0.3) is 21.5 Å². The van der Waals surface area contributed by atoms with Gasteiger partial charge in [-0.15, -0.1) is 0 Å². The van der Waals surface area contributed by atoms with Crippen molar-refractivity contribution in [3.05, 3.63) is 40.4 Å². The summed E-state index contributed by atoms with van der Waals surface area (Å²) in [4.78, 5) is 12.5. The van der Waals surface area contributed by atoms with E-state index in [1.54, 1.807) is 25.1 Å². The van der Waals surface area contributed by atoms with E-state index in [9.17, 15) is 40.5 Å². The maximum absolute atomic E-state index is 12.5. The third-order valence-electron chi connectivity index (χ3n) is 7.15. The Morgan fingerprint density at radius 1 is 1.00 bits per heavy atom. The molecule has 2 saturated heterocycles. The summed E-state index contributed by atoms with van der Waals surface area (Å²) in [6.45, 7) is -0.0789. The molecule has 3 aromatic rings. The van der Waals surface area contributed by atoms with Crippen molar-refractivity contribution < 1.29 is 63.8 Å². The molecule has 1 aromatic heterocycles. The zero-order chi connectivity index (χ0) is 28.9. The highest BCUT2D eigenvalue weighted by molar-refractivity contribution is 6.07. The summed E-state index contributed by atoms with van der Waals surface area (Å²) < 4.78 is 32.6. The number of hydrogen-bond acceptors (Lipinski definition) is 14. The van der Waals surface area contributed by atoms with Crippen LogP contribution in [0.1, 0.15) is 5.76 Å². The Kier molecular flexibility index (Phi) is 7.64. The Labute approximate surface area is 226 Å². The fourth-order valence-corrected chi connectivity index (χ4v) is 4.87. The lowest BCUT2D eigenvalue weighted by Gasteiger charge is -2.40. The zero-order valence-corrected chi connectivity index (χ0v) is 21.5. The lowest BCUT2D eigenvalue weighted by atomic mass is 9.98. The van der Waals surface area contributed by atoms with Gasteiger partial charge in [0.1, 0.15) is 64.5 Å². The van der Waals surface area contributed by atoms with Gasteiger partial charge in [0.25, 0.3) is 0 Å². The molecule has 0 bridgehead atoms. The minimum absolute atomic E-state index is 0.0689. The number of fused-ring (bicyclic) bond motifs is 2. The number of aryl methyl sites for hydroxylation is 1. The van der Waals surface area contributed by atoms with Crippen molar-refractivity contribution >= 4 is 21.5 Å². The second-order valence-corrected chi connectivity index (χ2v) is 9.91. The van der Waals surface area contributed by atoms with Gasteiger partial charge in [0.05, 0.1) is 32.3 Å².